The first-order valence-electron chi connectivity index (χ1n) is 4.95. The van der Waals surface area contributed by atoms with E-state index in [1.807, 2.05) is 31.2 Å². The van der Waals surface area contributed by atoms with Crippen LogP contribution in [0.2, 0.25) is 0 Å². The normalized spacial score (nSPS) is 10.4. The Bertz CT molecular complexity index is 511. The van der Waals surface area contributed by atoms with Gasteiger partial charge in [0, 0.05) is 15.5 Å². The molecule has 0 amide bonds. The van der Waals surface area contributed by atoms with Crippen molar-refractivity contribution in [1.29, 1.82) is 0 Å². The van der Waals surface area contributed by atoms with Crippen LogP contribution >= 0.6 is 11.8 Å². The largest absolute Gasteiger partial charge is 0.398 e. The van der Waals surface area contributed by atoms with E-state index >= 15 is 0 Å². The summed E-state index contributed by atoms with van der Waals surface area (Å²) in [5.41, 5.74) is 7.73. The number of anilines is 1. The van der Waals surface area contributed by atoms with Crippen LogP contribution in [0.25, 0.3) is 0 Å². The minimum Gasteiger partial charge on any atom is -0.398 e. The molecular formula is C13H12FNS. The maximum atomic E-state index is 13.0. The Labute approximate surface area is 98.5 Å². The first-order chi connectivity index (χ1) is 7.65. The molecule has 0 spiro atoms. The summed E-state index contributed by atoms with van der Waals surface area (Å²) < 4.78 is 13.0. The second-order valence-electron chi connectivity index (χ2n) is 3.60. The van der Waals surface area contributed by atoms with Crippen molar-refractivity contribution in [3.63, 3.8) is 0 Å². The van der Waals surface area contributed by atoms with Crippen molar-refractivity contribution in [1.82, 2.24) is 0 Å². The molecule has 1 nitrogen and oxygen atoms in total. The summed E-state index contributed by atoms with van der Waals surface area (Å²) in [7, 11) is 0. The third-order valence-electron chi connectivity index (χ3n) is 2.19. The molecule has 0 aliphatic rings. The fraction of sp³-hybridized carbons (Fsp3) is 0.0769. The van der Waals surface area contributed by atoms with Gasteiger partial charge in [-0.1, -0.05) is 23.9 Å². The third-order valence-corrected chi connectivity index (χ3v) is 3.26. The Hall–Kier alpha value is -1.48. The minimum absolute atomic E-state index is 0.226. The topological polar surface area (TPSA) is 26.0 Å². The van der Waals surface area contributed by atoms with Crippen molar-refractivity contribution < 1.29 is 4.39 Å². The van der Waals surface area contributed by atoms with E-state index in [-0.39, 0.29) is 5.82 Å². The molecule has 0 fully saturated rings. The molecule has 3 heteroatoms. The summed E-state index contributed by atoms with van der Waals surface area (Å²) in [5, 5.41) is 0. The Balaban J connectivity index is 2.30. The molecule has 16 heavy (non-hydrogen) atoms. The van der Waals surface area contributed by atoms with Crippen molar-refractivity contribution in [3.8, 4) is 0 Å². The number of rotatable bonds is 2. The number of hydrogen-bond donors (Lipinski definition) is 1. The van der Waals surface area contributed by atoms with Crippen LogP contribution in [0.3, 0.4) is 0 Å². The van der Waals surface area contributed by atoms with Gasteiger partial charge in [0.1, 0.15) is 5.82 Å². The van der Waals surface area contributed by atoms with Crippen LogP contribution < -0.4 is 5.73 Å². The number of halogens is 1. The highest BCUT2D eigenvalue weighted by Crippen LogP contribution is 2.32. The van der Waals surface area contributed by atoms with Crippen molar-refractivity contribution in [2.24, 2.45) is 0 Å². The van der Waals surface area contributed by atoms with Crippen LogP contribution in [0.5, 0.6) is 0 Å². The van der Waals surface area contributed by atoms with Gasteiger partial charge in [-0.15, -0.1) is 0 Å². The van der Waals surface area contributed by atoms with Gasteiger partial charge < -0.3 is 5.73 Å². The Morgan fingerprint density at radius 2 is 1.94 bits per heavy atom. The zero-order valence-electron chi connectivity index (χ0n) is 8.91. The Morgan fingerprint density at radius 3 is 2.69 bits per heavy atom. The quantitative estimate of drug-likeness (QED) is 0.797. The first-order valence-corrected chi connectivity index (χ1v) is 5.76. The summed E-state index contributed by atoms with van der Waals surface area (Å²) >= 11 is 1.48. The van der Waals surface area contributed by atoms with Gasteiger partial charge in [-0.2, -0.15) is 0 Å². The van der Waals surface area contributed by atoms with Gasteiger partial charge in [0.15, 0.2) is 0 Å². The van der Waals surface area contributed by atoms with Gasteiger partial charge in [0.05, 0.1) is 0 Å². The van der Waals surface area contributed by atoms with E-state index in [4.69, 9.17) is 5.73 Å². The molecule has 0 saturated carbocycles. The van der Waals surface area contributed by atoms with E-state index in [2.05, 4.69) is 0 Å². The minimum atomic E-state index is -0.226. The molecule has 0 aliphatic heterocycles. The zero-order chi connectivity index (χ0) is 11.5. The predicted molar refractivity (Wildman–Crippen MR) is 66.1 cm³/mol. The SMILES string of the molecule is Cc1ccc(N)c(Sc2cccc(F)c2)c1. The molecule has 0 atom stereocenters. The number of nitrogen functional groups attached to an aromatic ring is 1. The highest BCUT2D eigenvalue weighted by atomic mass is 32.2. The summed E-state index contributed by atoms with van der Waals surface area (Å²) in [6, 6.07) is 12.3. The van der Waals surface area contributed by atoms with Gasteiger partial charge in [-0.3, -0.25) is 0 Å². The number of nitrogens with two attached hydrogens (primary N) is 1. The van der Waals surface area contributed by atoms with Crippen LogP contribution in [0.1, 0.15) is 5.56 Å². The standard InChI is InChI=1S/C13H12FNS/c1-9-5-6-12(15)13(7-9)16-11-4-2-3-10(14)8-11/h2-8H,15H2,1H3. The Morgan fingerprint density at radius 1 is 1.12 bits per heavy atom. The summed E-state index contributed by atoms with van der Waals surface area (Å²) in [6.07, 6.45) is 0. The molecule has 0 aromatic heterocycles. The predicted octanol–water partition coefficient (Wildman–Crippen LogP) is 3.87. The van der Waals surface area contributed by atoms with Crippen LogP contribution in [0.15, 0.2) is 52.3 Å². The lowest BCUT2D eigenvalue weighted by molar-refractivity contribution is 0.624. The van der Waals surface area contributed by atoms with Crippen LogP contribution in [0, 0.1) is 12.7 Å². The summed E-state index contributed by atoms with van der Waals surface area (Å²) in [4.78, 5) is 1.82. The molecule has 0 heterocycles. The highest BCUT2D eigenvalue weighted by Gasteiger charge is 2.03. The molecule has 2 aromatic carbocycles. The molecule has 2 N–H and O–H groups in total. The average molecular weight is 233 g/mol. The van der Waals surface area contributed by atoms with Gasteiger partial charge in [-0.05, 0) is 42.8 Å². The maximum Gasteiger partial charge on any atom is 0.124 e. The molecule has 2 aromatic rings. The van der Waals surface area contributed by atoms with Crippen molar-refractivity contribution in [2.45, 2.75) is 16.7 Å². The van der Waals surface area contributed by atoms with E-state index < -0.39 is 0 Å². The number of benzene rings is 2. The maximum absolute atomic E-state index is 13.0. The van der Waals surface area contributed by atoms with Gasteiger partial charge in [0.2, 0.25) is 0 Å². The lowest BCUT2D eigenvalue weighted by Gasteiger charge is -2.06. The molecule has 0 bridgehead atoms. The van der Waals surface area contributed by atoms with E-state index in [0.717, 1.165) is 21.0 Å². The first kappa shape index (κ1) is 11.0. The molecule has 2 rings (SSSR count). The lowest BCUT2D eigenvalue weighted by atomic mass is 10.2. The van der Waals surface area contributed by atoms with Crippen molar-refractivity contribution >= 4 is 17.4 Å². The van der Waals surface area contributed by atoms with Gasteiger partial charge in [-0.25, -0.2) is 4.39 Å². The Kier molecular flexibility index (Phi) is 3.15. The van der Waals surface area contributed by atoms with Gasteiger partial charge in [0.25, 0.3) is 0 Å². The van der Waals surface area contributed by atoms with E-state index in [1.54, 1.807) is 6.07 Å². The molecular weight excluding hydrogens is 221 g/mol. The van der Waals surface area contributed by atoms with Gasteiger partial charge >= 0.3 is 0 Å². The van der Waals surface area contributed by atoms with E-state index in [0.29, 0.717) is 0 Å². The van der Waals surface area contributed by atoms with E-state index in [9.17, 15) is 4.39 Å². The molecule has 0 saturated heterocycles. The van der Waals surface area contributed by atoms with E-state index in [1.165, 1.54) is 23.9 Å². The van der Waals surface area contributed by atoms with Crippen LogP contribution in [0.4, 0.5) is 10.1 Å². The van der Waals surface area contributed by atoms with Crippen LogP contribution in [-0.2, 0) is 0 Å². The monoisotopic (exact) mass is 233 g/mol. The number of hydrogen-bond acceptors (Lipinski definition) is 2. The fourth-order valence-electron chi connectivity index (χ4n) is 1.39. The van der Waals surface area contributed by atoms with Crippen molar-refractivity contribution in [2.75, 3.05) is 5.73 Å². The highest BCUT2D eigenvalue weighted by molar-refractivity contribution is 7.99. The smallest absolute Gasteiger partial charge is 0.124 e. The molecule has 0 unspecified atom stereocenters. The summed E-state index contributed by atoms with van der Waals surface area (Å²) in [6.45, 7) is 2.01. The molecule has 0 aliphatic carbocycles. The third kappa shape index (κ3) is 2.55. The molecule has 0 radical (unpaired) electrons. The second-order valence-corrected chi connectivity index (χ2v) is 4.72. The second kappa shape index (κ2) is 4.58. The molecule has 82 valence electrons. The number of aryl methyl sites for hydroxylation is 1. The fourth-order valence-corrected chi connectivity index (χ4v) is 2.39. The summed E-state index contributed by atoms with van der Waals surface area (Å²) in [5.74, 6) is -0.226. The lowest BCUT2D eigenvalue weighted by Crippen LogP contribution is -1.89. The zero-order valence-corrected chi connectivity index (χ0v) is 9.72. The van der Waals surface area contributed by atoms with Crippen molar-refractivity contribution in [3.05, 3.63) is 53.8 Å². The average Bonchev–Trinajstić information content (AvgIpc) is 2.24. The van der Waals surface area contributed by atoms with Crippen LogP contribution in [-0.4, -0.2) is 0 Å².